The Morgan fingerprint density at radius 2 is 1.86 bits per heavy atom. The molecular formula is C20H20N2O7. The summed E-state index contributed by atoms with van der Waals surface area (Å²) >= 11 is 0. The minimum absolute atomic E-state index is 0.0143. The Hall–Kier alpha value is -3.75. The second kappa shape index (κ2) is 8.09. The number of nitrogens with zero attached hydrogens (tertiary/aromatic N) is 1. The Balaban J connectivity index is 1.87. The Labute approximate surface area is 166 Å². The number of carbonyl (C=O) groups excluding carboxylic acids is 2. The molecule has 2 aromatic carbocycles. The van der Waals surface area contributed by atoms with Crippen LogP contribution >= 0.6 is 0 Å². The molecule has 0 fully saturated rings. The number of hydrogen-bond donors (Lipinski definition) is 2. The maximum Gasteiger partial charge on any atom is 0.335 e. The molecule has 3 rings (SSSR count). The number of methoxy groups -OCH3 is 2. The van der Waals surface area contributed by atoms with Crippen molar-refractivity contribution >= 4 is 29.2 Å². The fourth-order valence-electron chi connectivity index (χ4n) is 3.01. The number of rotatable bonds is 6. The van der Waals surface area contributed by atoms with Gasteiger partial charge in [-0.2, -0.15) is 0 Å². The number of fused-ring (bicyclic) bond motifs is 1. The van der Waals surface area contributed by atoms with Crippen molar-refractivity contribution in [2.24, 2.45) is 0 Å². The first kappa shape index (κ1) is 20.0. The molecule has 1 aliphatic rings. The zero-order valence-electron chi connectivity index (χ0n) is 16.1. The van der Waals surface area contributed by atoms with Crippen LogP contribution in [-0.2, 0) is 9.59 Å². The summed E-state index contributed by atoms with van der Waals surface area (Å²) < 4.78 is 15.7. The minimum atomic E-state index is -1.15. The topological polar surface area (TPSA) is 114 Å². The molecule has 1 unspecified atom stereocenters. The molecule has 0 radical (unpaired) electrons. The van der Waals surface area contributed by atoms with E-state index in [0.717, 1.165) is 0 Å². The van der Waals surface area contributed by atoms with Gasteiger partial charge < -0.3 is 24.6 Å². The number of carbonyl (C=O) groups is 3. The van der Waals surface area contributed by atoms with Gasteiger partial charge in [-0.1, -0.05) is 0 Å². The van der Waals surface area contributed by atoms with Crippen LogP contribution in [0, 0.1) is 0 Å². The van der Waals surface area contributed by atoms with Crippen LogP contribution < -0.4 is 24.4 Å². The van der Waals surface area contributed by atoms with Gasteiger partial charge in [0.25, 0.3) is 5.91 Å². The Morgan fingerprint density at radius 3 is 2.52 bits per heavy atom. The molecule has 1 aliphatic heterocycles. The number of benzene rings is 2. The molecular weight excluding hydrogens is 380 g/mol. The third-order valence-corrected chi connectivity index (χ3v) is 4.50. The fourth-order valence-corrected chi connectivity index (χ4v) is 3.01. The second-order valence-electron chi connectivity index (χ2n) is 6.28. The van der Waals surface area contributed by atoms with Crippen LogP contribution in [-0.4, -0.2) is 49.8 Å². The summed E-state index contributed by atoms with van der Waals surface area (Å²) in [6, 6.07) is 8.13. The van der Waals surface area contributed by atoms with Gasteiger partial charge in [-0.25, -0.2) is 4.79 Å². The molecule has 152 valence electrons. The standard InChI is InChI=1S/C20H20N2O7/c1-11(19(24)21-13-5-7-16(27-2)17(9-13)28-3)22-14-8-12(20(25)26)4-6-15(14)29-10-18(22)23/h4-9,11H,10H2,1-3H3,(H,21,24)(H,25,26). The number of carboxylic acid groups (broad SMARTS) is 1. The number of anilines is 2. The van der Waals surface area contributed by atoms with E-state index < -0.39 is 23.8 Å². The van der Waals surface area contributed by atoms with Gasteiger partial charge in [0, 0.05) is 11.8 Å². The lowest BCUT2D eigenvalue weighted by molar-refractivity contribution is -0.125. The maximum atomic E-state index is 12.8. The first-order valence-corrected chi connectivity index (χ1v) is 8.70. The molecule has 0 bridgehead atoms. The van der Waals surface area contributed by atoms with Gasteiger partial charge in [0.05, 0.1) is 25.5 Å². The summed E-state index contributed by atoms with van der Waals surface area (Å²) in [5.74, 6) is -0.767. The molecule has 2 N–H and O–H groups in total. The molecule has 0 saturated carbocycles. The van der Waals surface area contributed by atoms with Gasteiger partial charge in [-0.05, 0) is 37.3 Å². The molecule has 2 aromatic rings. The average molecular weight is 400 g/mol. The second-order valence-corrected chi connectivity index (χ2v) is 6.28. The van der Waals surface area contributed by atoms with E-state index in [0.29, 0.717) is 22.9 Å². The molecule has 0 saturated heterocycles. The van der Waals surface area contributed by atoms with Crippen molar-refractivity contribution in [1.82, 2.24) is 0 Å². The zero-order valence-corrected chi connectivity index (χ0v) is 16.1. The van der Waals surface area contributed by atoms with E-state index in [1.54, 1.807) is 25.1 Å². The summed E-state index contributed by atoms with van der Waals surface area (Å²) in [5.41, 5.74) is 0.676. The number of aromatic carboxylic acids is 1. The van der Waals surface area contributed by atoms with Crippen LogP contribution in [0.1, 0.15) is 17.3 Å². The summed E-state index contributed by atoms with van der Waals surface area (Å²) in [7, 11) is 2.99. The molecule has 0 aromatic heterocycles. The van der Waals surface area contributed by atoms with Crippen molar-refractivity contribution in [3.8, 4) is 17.2 Å². The van der Waals surface area contributed by atoms with E-state index in [1.165, 1.54) is 37.3 Å². The lowest BCUT2D eigenvalue weighted by Crippen LogP contribution is -2.49. The molecule has 9 heteroatoms. The average Bonchev–Trinajstić information content (AvgIpc) is 2.72. The van der Waals surface area contributed by atoms with Crippen LogP contribution in [0.25, 0.3) is 0 Å². The highest BCUT2D eigenvalue weighted by Crippen LogP contribution is 2.35. The summed E-state index contributed by atoms with van der Waals surface area (Å²) in [6.45, 7) is 1.31. The van der Waals surface area contributed by atoms with E-state index in [-0.39, 0.29) is 17.9 Å². The zero-order chi connectivity index (χ0) is 21.1. The third-order valence-electron chi connectivity index (χ3n) is 4.50. The minimum Gasteiger partial charge on any atom is -0.493 e. The Bertz CT molecular complexity index is 973. The van der Waals surface area contributed by atoms with E-state index in [2.05, 4.69) is 5.32 Å². The van der Waals surface area contributed by atoms with Gasteiger partial charge in [-0.15, -0.1) is 0 Å². The first-order chi connectivity index (χ1) is 13.8. The molecule has 2 amide bonds. The maximum absolute atomic E-state index is 12.8. The highest BCUT2D eigenvalue weighted by molar-refractivity contribution is 6.07. The van der Waals surface area contributed by atoms with E-state index in [4.69, 9.17) is 14.2 Å². The first-order valence-electron chi connectivity index (χ1n) is 8.70. The summed E-state index contributed by atoms with van der Waals surface area (Å²) in [5, 5.41) is 12.0. The number of ether oxygens (including phenoxy) is 3. The number of carboxylic acids is 1. The van der Waals surface area contributed by atoms with Gasteiger partial charge >= 0.3 is 5.97 Å². The number of nitrogens with one attached hydrogen (secondary N) is 1. The van der Waals surface area contributed by atoms with Gasteiger partial charge in [0.1, 0.15) is 11.8 Å². The van der Waals surface area contributed by atoms with Crippen molar-refractivity contribution < 1.29 is 33.7 Å². The van der Waals surface area contributed by atoms with Gasteiger partial charge in [-0.3, -0.25) is 14.5 Å². The van der Waals surface area contributed by atoms with E-state index in [1.807, 2.05) is 0 Å². The Kier molecular flexibility index (Phi) is 5.58. The van der Waals surface area contributed by atoms with Crippen molar-refractivity contribution in [3.63, 3.8) is 0 Å². The quantitative estimate of drug-likeness (QED) is 0.764. The molecule has 0 aliphatic carbocycles. The summed E-state index contributed by atoms with van der Waals surface area (Å²) in [4.78, 5) is 37.8. The van der Waals surface area contributed by atoms with Crippen molar-refractivity contribution in [3.05, 3.63) is 42.0 Å². The molecule has 1 atom stereocenters. The summed E-state index contributed by atoms with van der Waals surface area (Å²) in [6.07, 6.45) is 0. The molecule has 0 spiro atoms. The third kappa shape index (κ3) is 3.93. The van der Waals surface area contributed by atoms with E-state index in [9.17, 15) is 19.5 Å². The Morgan fingerprint density at radius 1 is 1.14 bits per heavy atom. The SMILES string of the molecule is COc1ccc(NC(=O)C(C)N2C(=O)COc3ccc(C(=O)O)cc32)cc1OC. The van der Waals surface area contributed by atoms with Crippen LogP contribution in [0.5, 0.6) is 17.2 Å². The molecule has 9 nitrogen and oxygen atoms in total. The lowest BCUT2D eigenvalue weighted by atomic mass is 10.1. The lowest BCUT2D eigenvalue weighted by Gasteiger charge is -2.33. The van der Waals surface area contributed by atoms with Crippen LogP contribution in [0.4, 0.5) is 11.4 Å². The fraction of sp³-hybridized carbons (Fsp3) is 0.250. The van der Waals surface area contributed by atoms with Crippen molar-refractivity contribution in [2.45, 2.75) is 13.0 Å². The number of amides is 2. The monoisotopic (exact) mass is 400 g/mol. The predicted molar refractivity (Wildman–Crippen MR) is 104 cm³/mol. The highest BCUT2D eigenvalue weighted by atomic mass is 16.5. The molecule has 1 heterocycles. The van der Waals surface area contributed by atoms with E-state index >= 15 is 0 Å². The smallest absolute Gasteiger partial charge is 0.335 e. The molecule has 29 heavy (non-hydrogen) atoms. The highest BCUT2D eigenvalue weighted by Gasteiger charge is 2.33. The van der Waals surface area contributed by atoms with Crippen LogP contribution in [0.15, 0.2) is 36.4 Å². The van der Waals surface area contributed by atoms with Crippen molar-refractivity contribution in [2.75, 3.05) is 31.0 Å². The van der Waals surface area contributed by atoms with Gasteiger partial charge in [0.15, 0.2) is 18.1 Å². The normalized spacial score (nSPS) is 13.8. The van der Waals surface area contributed by atoms with Gasteiger partial charge in [0.2, 0.25) is 5.91 Å². The predicted octanol–water partition coefficient (Wildman–Crippen LogP) is 2.15. The number of hydrogen-bond acceptors (Lipinski definition) is 6. The van der Waals surface area contributed by atoms with Crippen molar-refractivity contribution in [1.29, 1.82) is 0 Å². The van der Waals surface area contributed by atoms with Crippen LogP contribution in [0.2, 0.25) is 0 Å². The van der Waals surface area contributed by atoms with Crippen LogP contribution in [0.3, 0.4) is 0 Å². The largest absolute Gasteiger partial charge is 0.493 e.